The van der Waals surface area contributed by atoms with E-state index in [1.807, 2.05) is 0 Å². The molecule has 2 fully saturated rings. The van der Waals surface area contributed by atoms with E-state index in [1.165, 1.54) is 19.4 Å². The Morgan fingerprint density at radius 3 is 2.87 bits per heavy atom. The Labute approximate surface area is 178 Å². The van der Waals surface area contributed by atoms with Crippen molar-refractivity contribution in [1.29, 1.82) is 0 Å². The van der Waals surface area contributed by atoms with E-state index in [0.717, 1.165) is 30.4 Å². The van der Waals surface area contributed by atoms with Gasteiger partial charge in [-0.2, -0.15) is 5.10 Å². The molecule has 4 heterocycles. The molecular formula is C22H23F2N5O2. The average Bonchev–Trinajstić information content (AvgIpc) is 3.44. The lowest BCUT2D eigenvalue weighted by Crippen LogP contribution is -2.52. The van der Waals surface area contributed by atoms with Crippen molar-refractivity contribution in [2.45, 2.75) is 25.3 Å². The van der Waals surface area contributed by atoms with Gasteiger partial charge in [0.15, 0.2) is 5.65 Å². The number of amides is 1. The molecule has 1 aromatic carbocycles. The number of alkyl halides is 2. The molecule has 0 unspecified atom stereocenters. The number of methoxy groups -OCH3 is 1. The zero-order chi connectivity index (χ0) is 21.5. The standard InChI is InChI=1S/C22H23F2N5O2/c1-31-19-7-3-2-6-15(19)17-11-18(20(23)24)29-21(26-17)16(12-25-29)22(30)28-10-9-27-8-4-5-14(27)13-28/h2-3,6-7,11-12,14,20H,4-5,8-10,13H2,1H3/t14-/m0/s1. The Balaban J connectivity index is 1.58. The molecule has 31 heavy (non-hydrogen) atoms. The third kappa shape index (κ3) is 3.42. The van der Waals surface area contributed by atoms with Gasteiger partial charge in [-0.1, -0.05) is 12.1 Å². The van der Waals surface area contributed by atoms with Crippen molar-refractivity contribution in [2.24, 2.45) is 0 Å². The van der Waals surface area contributed by atoms with E-state index in [4.69, 9.17) is 4.74 Å². The molecule has 0 aliphatic carbocycles. The molecule has 2 aliphatic rings. The number of rotatable bonds is 4. The molecule has 9 heteroatoms. The maximum absolute atomic E-state index is 13.9. The van der Waals surface area contributed by atoms with Gasteiger partial charge in [-0.05, 0) is 37.6 Å². The number of piperazine rings is 1. The second-order valence-electron chi connectivity index (χ2n) is 7.94. The van der Waals surface area contributed by atoms with Crippen LogP contribution in [-0.4, -0.2) is 69.6 Å². The molecule has 2 saturated heterocycles. The first-order valence-electron chi connectivity index (χ1n) is 10.4. The van der Waals surface area contributed by atoms with Gasteiger partial charge in [0.05, 0.1) is 19.0 Å². The number of benzene rings is 1. The summed E-state index contributed by atoms with van der Waals surface area (Å²) in [5.41, 5.74) is 0.956. The van der Waals surface area contributed by atoms with Crippen LogP contribution in [0.1, 0.15) is 35.3 Å². The molecule has 7 nitrogen and oxygen atoms in total. The van der Waals surface area contributed by atoms with Crippen molar-refractivity contribution in [1.82, 2.24) is 24.4 Å². The fourth-order valence-electron chi connectivity index (χ4n) is 4.63. The molecule has 2 aliphatic heterocycles. The van der Waals surface area contributed by atoms with Crippen LogP contribution in [0.15, 0.2) is 36.5 Å². The number of nitrogens with zero attached hydrogens (tertiary/aromatic N) is 5. The summed E-state index contributed by atoms with van der Waals surface area (Å²) in [5, 5.41) is 4.08. The second-order valence-corrected chi connectivity index (χ2v) is 7.94. The van der Waals surface area contributed by atoms with Crippen LogP contribution in [0.3, 0.4) is 0 Å². The van der Waals surface area contributed by atoms with Gasteiger partial charge in [0, 0.05) is 31.2 Å². The fraction of sp³-hybridized carbons (Fsp3) is 0.409. The molecule has 0 radical (unpaired) electrons. The van der Waals surface area contributed by atoms with Crippen molar-refractivity contribution >= 4 is 11.6 Å². The van der Waals surface area contributed by atoms with E-state index >= 15 is 0 Å². The maximum atomic E-state index is 13.9. The van der Waals surface area contributed by atoms with Crippen molar-refractivity contribution in [2.75, 3.05) is 33.3 Å². The Morgan fingerprint density at radius 1 is 1.23 bits per heavy atom. The summed E-state index contributed by atoms with van der Waals surface area (Å²) in [6.45, 7) is 3.16. The van der Waals surface area contributed by atoms with Crippen LogP contribution in [0.5, 0.6) is 5.75 Å². The number of aromatic nitrogens is 3. The average molecular weight is 427 g/mol. The summed E-state index contributed by atoms with van der Waals surface area (Å²) >= 11 is 0. The lowest BCUT2D eigenvalue weighted by molar-refractivity contribution is 0.0573. The van der Waals surface area contributed by atoms with E-state index in [-0.39, 0.29) is 22.8 Å². The van der Waals surface area contributed by atoms with Gasteiger partial charge in [-0.15, -0.1) is 0 Å². The van der Waals surface area contributed by atoms with Crippen LogP contribution < -0.4 is 4.74 Å². The quantitative estimate of drug-likeness (QED) is 0.640. The van der Waals surface area contributed by atoms with Gasteiger partial charge < -0.3 is 9.64 Å². The molecule has 0 saturated carbocycles. The fourth-order valence-corrected chi connectivity index (χ4v) is 4.63. The Kier molecular flexibility index (Phi) is 5.05. The van der Waals surface area contributed by atoms with Crippen LogP contribution in [0.2, 0.25) is 0 Å². The summed E-state index contributed by atoms with van der Waals surface area (Å²) in [5.74, 6) is 0.302. The SMILES string of the molecule is COc1ccccc1-c1cc(C(F)F)n2ncc(C(=O)N3CCN4CCC[C@H]4C3)c2n1. The third-order valence-corrected chi connectivity index (χ3v) is 6.21. The van der Waals surface area contributed by atoms with Crippen molar-refractivity contribution in [3.8, 4) is 17.0 Å². The number of fused-ring (bicyclic) bond motifs is 2. The monoisotopic (exact) mass is 427 g/mol. The molecule has 1 amide bonds. The van der Waals surface area contributed by atoms with Gasteiger partial charge in [-0.25, -0.2) is 18.3 Å². The van der Waals surface area contributed by atoms with E-state index < -0.39 is 6.43 Å². The molecular weight excluding hydrogens is 404 g/mol. The van der Waals surface area contributed by atoms with Crippen molar-refractivity contribution in [3.05, 3.63) is 47.8 Å². The van der Waals surface area contributed by atoms with E-state index in [2.05, 4.69) is 15.0 Å². The topological polar surface area (TPSA) is 63.0 Å². The first-order chi connectivity index (χ1) is 15.1. The Bertz CT molecular complexity index is 1130. The molecule has 5 rings (SSSR count). The Morgan fingerprint density at radius 2 is 2.06 bits per heavy atom. The minimum Gasteiger partial charge on any atom is -0.496 e. The van der Waals surface area contributed by atoms with E-state index in [9.17, 15) is 13.6 Å². The molecule has 162 valence electrons. The number of hydrogen-bond donors (Lipinski definition) is 0. The zero-order valence-electron chi connectivity index (χ0n) is 17.2. The second kappa shape index (κ2) is 7.88. The van der Waals surface area contributed by atoms with Crippen molar-refractivity contribution < 1.29 is 18.3 Å². The highest BCUT2D eigenvalue weighted by atomic mass is 19.3. The van der Waals surface area contributed by atoms with Gasteiger partial charge >= 0.3 is 0 Å². The van der Waals surface area contributed by atoms with Gasteiger partial charge in [-0.3, -0.25) is 9.69 Å². The van der Waals surface area contributed by atoms with Gasteiger partial charge in [0.1, 0.15) is 17.0 Å². The van der Waals surface area contributed by atoms with Crippen LogP contribution in [0, 0.1) is 0 Å². The van der Waals surface area contributed by atoms with E-state index in [1.54, 1.807) is 29.2 Å². The lowest BCUT2D eigenvalue weighted by Gasteiger charge is -2.37. The summed E-state index contributed by atoms with van der Waals surface area (Å²) in [4.78, 5) is 22.1. The predicted octanol–water partition coefficient (Wildman–Crippen LogP) is 3.26. The number of hydrogen-bond acceptors (Lipinski definition) is 5. The zero-order valence-corrected chi connectivity index (χ0v) is 17.2. The number of carbonyl (C=O) groups excluding carboxylic acids is 1. The summed E-state index contributed by atoms with van der Waals surface area (Å²) in [7, 11) is 1.52. The summed E-state index contributed by atoms with van der Waals surface area (Å²) in [6, 6.07) is 8.75. The number of ether oxygens (including phenoxy) is 1. The third-order valence-electron chi connectivity index (χ3n) is 6.21. The largest absolute Gasteiger partial charge is 0.496 e. The first kappa shape index (κ1) is 19.9. The van der Waals surface area contributed by atoms with E-state index in [0.29, 0.717) is 36.1 Å². The van der Waals surface area contributed by atoms with Crippen LogP contribution in [0.25, 0.3) is 16.9 Å². The Hall–Kier alpha value is -3.07. The molecule has 1 atom stereocenters. The van der Waals surface area contributed by atoms with Crippen molar-refractivity contribution in [3.63, 3.8) is 0 Å². The minimum atomic E-state index is -2.77. The highest BCUT2D eigenvalue weighted by Gasteiger charge is 2.34. The van der Waals surface area contributed by atoms with Crippen LogP contribution in [0.4, 0.5) is 8.78 Å². The molecule has 0 spiro atoms. The normalized spacial score (nSPS) is 19.2. The maximum Gasteiger partial charge on any atom is 0.280 e. The number of para-hydroxylation sites is 1. The van der Waals surface area contributed by atoms with Crippen LogP contribution in [-0.2, 0) is 0 Å². The molecule has 3 aromatic rings. The first-order valence-corrected chi connectivity index (χ1v) is 10.4. The minimum absolute atomic E-state index is 0.137. The summed E-state index contributed by atoms with van der Waals surface area (Å²) < 4.78 is 34.2. The van der Waals surface area contributed by atoms with Gasteiger partial charge in [0.2, 0.25) is 0 Å². The molecule has 2 aromatic heterocycles. The van der Waals surface area contributed by atoms with Crippen LogP contribution >= 0.6 is 0 Å². The smallest absolute Gasteiger partial charge is 0.280 e. The number of carbonyl (C=O) groups is 1. The number of halogens is 2. The highest BCUT2D eigenvalue weighted by molar-refractivity contribution is 6.00. The summed E-state index contributed by atoms with van der Waals surface area (Å²) in [6.07, 6.45) is 0.794. The molecule has 0 N–H and O–H groups in total. The highest BCUT2D eigenvalue weighted by Crippen LogP contribution is 2.32. The predicted molar refractivity (Wildman–Crippen MR) is 110 cm³/mol. The van der Waals surface area contributed by atoms with Gasteiger partial charge in [0.25, 0.3) is 12.3 Å². The lowest BCUT2D eigenvalue weighted by atomic mass is 10.1. The molecule has 0 bridgehead atoms.